The number of para-hydroxylation sites is 1. The van der Waals surface area contributed by atoms with E-state index in [4.69, 9.17) is 4.74 Å². The first-order valence-electron chi connectivity index (χ1n) is 6.18. The third-order valence-electron chi connectivity index (χ3n) is 2.58. The van der Waals surface area contributed by atoms with Gasteiger partial charge in [-0.15, -0.1) is 0 Å². The summed E-state index contributed by atoms with van der Waals surface area (Å²) in [6, 6.07) is 9.37. The minimum atomic E-state index is -0.514. The SMILES string of the molecule is C=C(NNC(=O)COc1ccccc1F)c1ccncc1. The summed E-state index contributed by atoms with van der Waals surface area (Å²) in [5.41, 5.74) is 6.37. The van der Waals surface area contributed by atoms with Gasteiger partial charge < -0.3 is 4.74 Å². The van der Waals surface area contributed by atoms with Crippen molar-refractivity contribution in [3.63, 3.8) is 0 Å². The molecular weight excluding hydrogens is 273 g/mol. The first kappa shape index (κ1) is 14.5. The highest BCUT2D eigenvalue weighted by atomic mass is 19.1. The van der Waals surface area contributed by atoms with Crippen LogP contribution in [0.1, 0.15) is 5.56 Å². The lowest BCUT2D eigenvalue weighted by Crippen LogP contribution is -2.39. The number of benzene rings is 1. The van der Waals surface area contributed by atoms with E-state index in [2.05, 4.69) is 22.4 Å². The molecule has 0 saturated heterocycles. The minimum Gasteiger partial charge on any atom is -0.481 e. The number of aromatic nitrogens is 1. The van der Waals surface area contributed by atoms with Gasteiger partial charge in [-0.25, -0.2) is 4.39 Å². The second-order valence-corrected chi connectivity index (χ2v) is 4.11. The molecule has 0 atom stereocenters. The maximum atomic E-state index is 13.3. The van der Waals surface area contributed by atoms with Gasteiger partial charge in [0.15, 0.2) is 18.2 Å². The van der Waals surface area contributed by atoms with Gasteiger partial charge in [-0.2, -0.15) is 0 Å². The third-order valence-corrected chi connectivity index (χ3v) is 2.58. The highest BCUT2D eigenvalue weighted by Gasteiger charge is 2.06. The van der Waals surface area contributed by atoms with Crippen molar-refractivity contribution < 1.29 is 13.9 Å². The smallest absolute Gasteiger partial charge is 0.276 e. The lowest BCUT2D eigenvalue weighted by atomic mass is 10.2. The Bertz CT molecular complexity index is 632. The summed E-state index contributed by atoms with van der Waals surface area (Å²) >= 11 is 0. The Morgan fingerprint density at radius 3 is 2.62 bits per heavy atom. The Hall–Kier alpha value is -2.89. The maximum Gasteiger partial charge on any atom is 0.276 e. The van der Waals surface area contributed by atoms with Gasteiger partial charge >= 0.3 is 0 Å². The largest absolute Gasteiger partial charge is 0.481 e. The molecule has 1 amide bonds. The zero-order valence-electron chi connectivity index (χ0n) is 11.2. The number of hydrazine groups is 1. The average molecular weight is 287 g/mol. The van der Waals surface area contributed by atoms with Crippen LogP contribution >= 0.6 is 0 Å². The Morgan fingerprint density at radius 1 is 1.19 bits per heavy atom. The van der Waals surface area contributed by atoms with Gasteiger partial charge in [-0.1, -0.05) is 18.7 Å². The van der Waals surface area contributed by atoms with E-state index < -0.39 is 11.7 Å². The molecular formula is C15H14FN3O2. The first-order valence-corrected chi connectivity index (χ1v) is 6.18. The number of amides is 1. The van der Waals surface area contributed by atoms with Crippen LogP contribution in [-0.2, 0) is 4.79 Å². The van der Waals surface area contributed by atoms with Crippen molar-refractivity contribution >= 4 is 11.6 Å². The molecule has 0 fully saturated rings. The van der Waals surface area contributed by atoms with Crippen molar-refractivity contribution in [3.8, 4) is 5.75 Å². The predicted molar refractivity (Wildman–Crippen MR) is 76.4 cm³/mol. The molecule has 0 saturated carbocycles. The number of halogens is 1. The molecule has 5 nitrogen and oxygen atoms in total. The van der Waals surface area contributed by atoms with E-state index in [0.29, 0.717) is 5.70 Å². The fourth-order valence-corrected chi connectivity index (χ4v) is 1.51. The first-order chi connectivity index (χ1) is 10.2. The number of nitrogens with zero attached hydrogens (tertiary/aromatic N) is 1. The van der Waals surface area contributed by atoms with E-state index in [9.17, 15) is 9.18 Å². The number of pyridine rings is 1. The van der Waals surface area contributed by atoms with Crippen LogP contribution in [0.5, 0.6) is 5.75 Å². The van der Waals surface area contributed by atoms with Crippen molar-refractivity contribution in [1.29, 1.82) is 0 Å². The van der Waals surface area contributed by atoms with Gasteiger partial charge in [-0.3, -0.25) is 20.6 Å². The molecule has 2 aromatic rings. The van der Waals surface area contributed by atoms with Gasteiger partial charge in [0, 0.05) is 18.0 Å². The molecule has 1 aromatic carbocycles. The summed E-state index contributed by atoms with van der Waals surface area (Å²) in [5.74, 6) is -0.937. The molecule has 0 spiro atoms. The van der Waals surface area contributed by atoms with E-state index in [1.54, 1.807) is 36.7 Å². The molecule has 21 heavy (non-hydrogen) atoms. The van der Waals surface area contributed by atoms with E-state index in [-0.39, 0.29) is 12.4 Å². The lowest BCUT2D eigenvalue weighted by molar-refractivity contribution is -0.123. The Balaban J connectivity index is 1.78. The summed E-state index contributed by atoms with van der Waals surface area (Å²) in [4.78, 5) is 15.5. The summed E-state index contributed by atoms with van der Waals surface area (Å²) in [6.45, 7) is 3.47. The van der Waals surface area contributed by atoms with E-state index >= 15 is 0 Å². The van der Waals surface area contributed by atoms with Crippen LogP contribution in [0, 0.1) is 5.82 Å². The zero-order chi connectivity index (χ0) is 15.1. The molecule has 0 aliphatic rings. The molecule has 1 aromatic heterocycles. The summed E-state index contributed by atoms with van der Waals surface area (Å²) in [5, 5.41) is 0. The van der Waals surface area contributed by atoms with Crippen molar-refractivity contribution in [3.05, 3.63) is 66.8 Å². The average Bonchev–Trinajstić information content (AvgIpc) is 2.52. The third kappa shape index (κ3) is 4.31. The summed E-state index contributed by atoms with van der Waals surface area (Å²) in [7, 11) is 0. The summed E-state index contributed by atoms with van der Waals surface area (Å²) in [6.07, 6.45) is 3.23. The van der Waals surface area contributed by atoms with E-state index in [0.717, 1.165) is 5.56 Å². The second-order valence-electron chi connectivity index (χ2n) is 4.11. The van der Waals surface area contributed by atoms with Crippen molar-refractivity contribution in [2.75, 3.05) is 6.61 Å². The molecule has 0 radical (unpaired) electrons. The van der Waals surface area contributed by atoms with Crippen LogP contribution in [0.3, 0.4) is 0 Å². The molecule has 2 N–H and O–H groups in total. The molecule has 0 bridgehead atoms. The number of hydrogen-bond acceptors (Lipinski definition) is 4. The van der Waals surface area contributed by atoms with E-state index in [1.807, 2.05) is 0 Å². The number of carbonyl (C=O) groups excluding carboxylic acids is 1. The molecule has 1 heterocycles. The molecule has 0 aliphatic carbocycles. The Morgan fingerprint density at radius 2 is 1.90 bits per heavy atom. The van der Waals surface area contributed by atoms with Crippen molar-refractivity contribution in [2.24, 2.45) is 0 Å². The number of nitrogens with one attached hydrogen (secondary N) is 2. The molecule has 0 unspecified atom stereocenters. The van der Waals surface area contributed by atoms with Gasteiger partial charge in [0.1, 0.15) is 0 Å². The number of ether oxygens (including phenoxy) is 1. The van der Waals surface area contributed by atoms with Gasteiger partial charge in [0.05, 0.1) is 5.70 Å². The molecule has 0 aliphatic heterocycles. The monoisotopic (exact) mass is 287 g/mol. The number of hydrogen-bond donors (Lipinski definition) is 2. The zero-order valence-corrected chi connectivity index (χ0v) is 11.2. The maximum absolute atomic E-state index is 13.3. The number of rotatable bonds is 6. The van der Waals surface area contributed by atoms with Gasteiger partial charge in [-0.05, 0) is 24.3 Å². The molecule has 108 valence electrons. The standard InChI is InChI=1S/C15H14FN3O2/c1-11(12-6-8-17-9-7-12)18-19-15(20)10-21-14-5-3-2-4-13(14)16/h2-9,18H,1,10H2,(H,19,20). The second kappa shape index (κ2) is 7.04. The molecule has 6 heteroatoms. The van der Waals surface area contributed by atoms with Crippen LogP contribution in [0.15, 0.2) is 55.4 Å². The minimum absolute atomic E-state index is 0.0283. The van der Waals surface area contributed by atoms with Gasteiger partial charge in [0.2, 0.25) is 0 Å². The lowest BCUT2D eigenvalue weighted by Gasteiger charge is -2.11. The fraction of sp³-hybridized carbons (Fsp3) is 0.0667. The quantitative estimate of drug-likeness (QED) is 0.796. The highest BCUT2D eigenvalue weighted by Crippen LogP contribution is 2.14. The Kier molecular flexibility index (Phi) is 4.87. The summed E-state index contributed by atoms with van der Waals surface area (Å²) < 4.78 is 18.4. The van der Waals surface area contributed by atoms with E-state index in [1.165, 1.54) is 12.1 Å². The highest BCUT2D eigenvalue weighted by molar-refractivity contribution is 5.78. The van der Waals surface area contributed by atoms with Gasteiger partial charge in [0.25, 0.3) is 5.91 Å². The van der Waals surface area contributed by atoms with Crippen LogP contribution < -0.4 is 15.6 Å². The normalized spacial score (nSPS) is 9.76. The molecule has 2 rings (SSSR count). The Labute approximate surface area is 121 Å². The fourth-order valence-electron chi connectivity index (χ4n) is 1.51. The predicted octanol–water partition coefficient (Wildman–Crippen LogP) is 1.89. The van der Waals surface area contributed by atoms with Crippen LogP contribution in [0.2, 0.25) is 0 Å². The van der Waals surface area contributed by atoms with Crippen LogP contribution in [0.4, 0.5) is 4.39 Å². The van der Waals surface area contributed by atoms with Crippen molar-refractivity contribution in [2.45, 2.75) is 0 Å². The van der Waals surface area contributed by atoms with Crippen molar-refractivity contribution in [1.82, 2.24) is 15.8 Å². The van der Waals surface area contributed by atoms with Crippen LogP contribution in [-0.4, -0.2) is 17.5 Å². The van der Waals surface area contributed by atoms with Crippen LogP contribution in [0.25, 0.3) is 5.70 Å². The number of carbonyl (C=O) groups is 1. The topological polar surface area (TPSA) is 63.2 Å².